The van der Waals surface area contributed by atoms with Gasteiger partial charge in [-0.15, -0.1) is 22.9 Å². The average Bonchev–Trinajstić information content (AvgIpc) is 2.50. The van der Waals surface area contributed by atoms with E-state index in [-0.39, 0.29) is 6.10 Å². The predicted molar refractivity (Wildman–Crippen MR) is 45.0 cm³/mol. The first-order chi connectivity index (χ1) is 5.40. The van der Waals surface area contributed by atoms with Crippen molar-refractivity contribution in [3.63, 3.8) is 0 Å². The molecule has 2 rings (SSSR count). The molecule has 1 aromatic heterocycles. The predicted octanol–water partition coefficient (Wildman–Crippen LogP) is 2.13. The maximum Gasteiger partial charge on any atom is 0.172 e. The lowest BCUT2D eigenvalue weighted by Gasteiger charge is -2.22. The molecule has 0 bridgehead atoms. The van der Waals surface area contributed by atoms with Crippen molar-refractivity contribution in [3.05, 3.63) is 10.8 Å². The zero-order chi connectivity index (χ0) is 7.68. The zero-order valence-electron chi connectivity index (χ0n) is 5.75. The Morgan fingerprint density at radius 1 is 1.55 bits per heavy atom. The molecule has 0 N–H and O–H groups in total. The fourth-order valence-electron chi connectivity index (χ4n) is 0.937. The van der Waals surface area contributed by atoms with Gasteiger partial charge in [-0.3, -0.25) is 0 Å². The van der Waals surface area contributed by atoms with Crippen molar-refractivity contribution in [2.24, 2.45) is 0 Å². The van der Waals surface area contributed by atoms with E-state index in [9.17, 15) is 0 Å². The third-order valence-electron chi connectivity index (χ3n) is 1.48. The Morgan fingerprint density at radius 3 is 3.18 bits per heavy atom. The summed E-state index contributed by atoms with van der Waals surface area (Å²) < 4.78 is 10.8. The van der Waals surface area contributed by atoms with Gasteiger partial charge in [-0.2, -0.15) is 0 Å². The molecule has 60 valence electrons. The van der Waals surface area contributed by atoms with Gasteiger partial charge in [0.1, 0.15) is 12.7 Å². The Morgan fingerprint density at radius 2 is 2.36 bits per heavy atom. The molecule has 0 aliphatic carbocycles. The second kappa shape index (κ2) is 2.91. The molecular formula is C7H7ClO2S. The smallest absolute Gasteiger partial charge is 0.172 e. The number of fused-ring (bicyclic) bond motifs is 1. The highest BCUT2D eigenvalue weighted by Crippen LogP contribution is 2.35. The summed E-state index contributed by atoms with van der Waals surface area (Å²) in [7, 11) is 0. The van der Waals surface area contributed by atoms with Crippen LogP contribution in [0.3, 0.4) is 0 Å². The van der Waals surface area contributed by atoms with Crippen molar-refractivity contribution < 1.29 is 9.47 Å². The van der Waals surface area contributed by atoms with E-state index in [1.165, 1.54) is 0 Å². The first-order valence-electron chi connectivity index (χ1n) is 3.32. The number of ether oxygens (including phenoxy) is 2. The topological polar surface area (TPSA) is 18.5 Å². The molecule has 1 aliphatic heterocycles. The van der Waals surface area contributed by atoms with Gasteiger partial charge in [-0.1, -0.05) is 0 Å². The molecule has 1 aliphatic rings. The minimum atomic E-state index is 0.0127. The molecular weight excluding hydrogens is 184 g/mol. The lowest BCUT2D eigenvalue weighted by Crippen LogP contribution is -2.29. The minimum absolute atomic E-state index is 0.0127. The van der Waals surface area contributed by atoms with Crippen LogP contribution in [0.4, 0.5) is 0 Å². The van der Waals surface area contributed by atoms with Crippen LogP contribution in [0.5, 0.6) is 11.5 Å². The lowest BCUT2D eigenvalue weighted by atomic mass is 10.4. The molecule has 0 amide bonds. The van der Waals surface area contributed by atoms with E-state index in [1.807, 2.05) is 10.8 Å². The summed E-state index contributed by atoms with van der Waals surface area (Å²) in [4.78, 5) is 0. The van der Waals surface area contributed by atoms with Crippen LogP contribution in [0.25, 0.3) is 0 Å². The maximum absolute atomic E-state index is 5.61. The molecule has 0 unspecified atom stereocenters. The summed E-state index contributed by atoms with van der Waals surface area (Å²) in [5.41, 5.74) is 0. The summed E-state index contributed by atoms with van der Waals surface area (Å²) in [5.74, 6) is 2.15. The number of hydrogen-bond donors (Lipinski definition) is 0. The molecule has 0 aromatic carbocycles. The number of halogens is 1. The van der Waals surface area contributed by atoms with E-state index in [4.69, 9.17) is 21.1 Å². The quantitative estimate of drug-likeness (QED) is 0.632. The van der Waals surface area contributed by atoms with Crippen LogP contribution in [0.15, 0.2) is 10.8 Å². The highest BCUT2D eigenvalue weighted by atomic mass is 35.5. The van der Waals surface area contributed by atoms with Crippen LogP contribution in [-0.2, 0) is 0 Å². The van der Waals surface area contributed by atoms with Crippen LogP contribution in [-0.4, -0.2) is 18.6 Å². The van der Waals surface area contributed by atoms with Gasteiger partial charge in [0.25, 0.3) is 0 Å². The van der Waals surface area contributed by atoms with Crippen molar-refractivity contribution in [3.8, 4) is 11.5 Å². The van der Waals surface area contributed by atoms with E-state index >= 15 is 0 Å². The van der Waals surface area contributed by atoms with Crippen LogP contribution in [0, 0.1) is 0 Å². The summed E-state index contributed by atoms with van der Waals surface area (Å²) in [5, 5.41) is 3.85. The first-order valence-corrected chi connectivity index (χ1v) is 4.79. The van der Waals surface area contributed by atoms with Gasteiger partial charge < -0.3 is 9.47 Å². The largest absolute Gasteiger partial charge is 0.485 e. The molecule has 2 nitrogen and oxygen atoms in total. The Labute approximate surface area is 73.7 Å². The highest BCUT2D eigenvalue weighted by molar-refractivity contribution is 7.08. The molecule has 2 heterocycles. The monoisotopic (exact) mass is 190 g/mol. The molecule has 0 radical (unpaired) electrons. The highest BCUT2D eigenvalue weighted by Gasteiger charge is 2.20. The Balaban J connectivity index is 2.18. The minimum Gasteiger partial charge on any atom is -0.485 e. The third-order valence-corrected chi connectivity index (χ3v) is 2.53. The molecule has 0 saturated carbocycles. The van der Waals surface area contributed by atoms with Crippen molar-refractivity contribution in [2.75, 3.05) is 12.5 Å². The van der Waals surface area contributed by atoms with E-state index < -0.39 is 0 Å². The molecule has 0 saturated heterocycles. The van der Waals surface area contributed by atoms with Crippen molar-refractivity contribution in [1.29, 1.82) is 0 Å². The normalized spacial score (nSPS) is 21.7. The van der Waals surface area contributed by atoms with Crippen molar-refractivity contribution >= 4 is 22.9 Å². The summed E-state index contributed by atoms with van der Waals surface area (Å²) in [6, 6.07) is 0. The van der Waals surface area contributed by atoms with Crippen LogP contribution in [0.1, 0.15) is 0 Å². The number of rotatable bonds is 1. The van der Waals surface area contributed by atoms with Gasteiger partial charge >= 0.3 is 0 Å². The fourth-order valence-corrected chi connectivity index (χ4v) is 1.76. The Kier molecular flexibility index (Phi) is 1.92. The zero-order valence-corrected chi connectivity index (χ0v) is 7.32. The van der Waals surface area contributed by atoms with E-state index in [1.54, 1.807) is 11.3 Å². The molecule has 4 heteroatoms. The number of hydrogen-bond acceptors (Lipinski definition) is 3. The Hall–Kier alpha value is -0.410. The van der Waals surface area contributed by atoms with Gasteiger partial charge in [-0.05, 0) is 0 Å². The maximum atomic E-state index is 5.61. The van der Waals surface area contributed by atoms with E-state index in [2.05, 4.69) is 0 Å². The second-order valence-electron chi connectivity index (χ2n) is 2.31. The summed E-state index contributed by atoms with van der Waals surface area (Å²) >= 11 is 7.19. The van der Waals surface area contributed by atoms with Gasteiger partial charge in [0.05, 0.1) is 5.88 Å². The van der Waals surface area contributed by atoms with Crippen LogP contribution in [0.2, 0.25) is 0 Å². The van der Waals surface area contributed by atoms with Crippen LogP contribution < -0.4 is 9.47 Å². The van der Waals surface area contributed by atoms with Gasteiger partial charge in [0, 0.05) is 10.8 Å². The SMILES string of the molecule is ClC[C@H]1COc2cscc2O1. The summed E-state index contributed by atoms with van der Waals surface area (Å²) in [6.07, 6.45) is 0.0127. The third kappa shape index (κ3) is 1.30. The number of thiophene rings is 1. The number of alkyl halides is 1. The van der Waals surface area contributed by atoms with E-state index in [0.717, 1.165) is 11.5 Å². The van der Waals surface area contributed by atoms with Gasteiger partial charge in [0.2, 0.25) is 0 Å². The van der Waals surface area contributed by atoms with Crippen LogP contribution >= 0.6 is 22.9 Å². The lowest BCUT2D eigenvalue weighted by molar-refractivity contribution is 0.108. The molecule has 11 heavy (non-hydrogen) atoms. The first kappa shape index (κ1) is 7.25. The van der Waals surface area contributed by atoms with Crippen molar-refractivity contribution in [2.45, 2.75) is 6.10 Å². The fraction of sp³-hybridized carbons (Fsp3) is 0.429. The second-order valence-corrected chi connectivity index (χ2v) is 3.36. The van der Waals surface area contributed by atoms with Gasteiger partial charge in [0.15, 0.2) is 11.5 Å². The van der Waals surface area contributed by atoms with Crippen molar-refractivity contribution in [1.82, 2.24) is 0 Å². The molecule has 1 aromatic rings. The standard InChI is InChI=1S/C7H7ClO2S/c8-1-5-2-9-6-3-11-4-7(6)10-5/h3-5H,1-2H2/t5-/m0/s1. The summed E-state index contributed by atoms with van der Waals surface area (Å²) in [6.45, 7) is 0.563. The van der Waals surface area contributed by atoms with Gasteiger partial charge in [-0.25, -0.2) is 0 Å². The molecule has 1 atom stereocenters. The Bertz CT molecular complexity index is 248. The molecule has 0 spiro atoms. The molecule has 0 fully saturated rings. The van der Waals surface area contributed by atoms with E-state index in [0.29, 0.717) is 12.5 Å². The average molecular weight is 191 g/mol.